The fourth-order valence-electron chi connectivity index (χ4n) is 3.20. The van der Waals surface area contributed by atoms with E-state index < -0.39 is 0 Å². The quantitative estimate of drug-likeness (QED) is 0.333. The number of anilines is 1. The van der Waals surface area contributed by atoms with E-state index in [0.717, 1.165) is 38.1 Å². The Morgan fingerprint density at radius 3 is 2.59 bits per heavy atom. The Hall–Kier alpha value is -2.92. The van der Waals surface area contributed by atoms with Crippen LogP contribution in [0.5, 0.6) is 0 Å². The molecule has 2 aromatic heterocycles. The summed E-state index contributed by atoms with van der Waals surface area (Å²) in [7, 11) is 0. The van der Waals surface area contributed by atoms with Crippen molar-refractivity contribution < 1.29 is 0 Å². The molecule has 4 rings (SSSR count). The molecule has 2 aromatic carbocycles. The van der Waals surface area contributed by atoms with Crippen LogP contribution in [0.2, 0.25) is 0 Å². The van der Waals surface area contributed by atoms with Gasteiger partial charge in [-0.1, -0.05) is 34.1 Å². The lowest BCUT2D eigenvalue weighted by Gasteiger charge is -2.09. The van der Waals surface area contributed by atoms with Crippen molar-refractivity contribution in [1.29, 1.82) is 0 Å². The van der Waals surface area contributed by atoms with Gasteiger partial charge in [0, 0.05) is 32.5 Å². The number of aryl methyl sites for hydroxylation is 1. The summed E-state index contributed by atoms with van der Waals surface area (Å²) in [6.07, 6.45) is 1.84. The Morgan fingerprint density at radius 1 is 1.00 bits per heavy atom. The van der Waals surface area contributed by atoms with E-state index in [9.17, 15) is 0 Å². The highest BCUT2D eigenvalue weighted by Gasteiger charge is 2.09. The van der Waals surface area contributed by atoms with Crippen molar-refractivity contribution in [3.8, 4) is 5.69 Å². The minimum absolute atomic E-state index is 0.728. The van der Waals surface area contributed by atoms with E-state index in [1.54, 1.807) is 0 Å². The number of hydrazone groups is 1. The fourth-order valence-corrected chi connectivity index (χ4v) is 3.47. The largest absolute Gasteiger partial charge is 0.318 e. The molecule has 0 unspecified atom stereocenters. The van der Waals surface area contributed by atoms with E-state index >= 15 is 0 Å². The molecule has 134 valence electrons. The molecular weight excluding hydrogens is 400 g/mol. The molecule has 0 fully saturated rings. The average molecular weight is 419 g/mol. The normalized spacial score (nSPS) is 11.4. The van der Waals surface area contributed by atoms with Crippen molar-refractivity contribution in [1.82, 2.24) is 9.55 Å². The Balaban J connectivity index is 1.57. The van der Waals surface area contributed by atoms with E-state index in [-0.39, 0.29) is 0 Å². The van der Waals surface area contributed by atoms with Crippen LogP contribution in [0.15, 0.2) is 76.3 Å². The van der Waals surface area contributed by atoms with Gasteiger partial charge < -0.3 is 4.57 Å². The number of nitrogens with one attached hydrogen (secondary N) is 1. The average Bonchev–Trinajstić information content (AvgIpc) is 2.96. The molecule has 0 aliphatic rings. The summed E-state index contributed by atoms with van der Waals surface area (Å²) in [4.78, 5) is 4.57. The van der Waals surface area contributed by atoms with Gasteiger partial charge in [0.25, 0.3) is 0 Å². The summed E-state index contributed by atoms with van der Waals surface area (Å²) >= 11 is 3.49. The maximum atomic E-state index is 4.57. The Bertz CT molecular complexity index is 1130. The third-order valence-electron chi connectivity index (χ3n) is 4.54. The molecule has 27 heavy (non-hydrogen) atoms. The Morgan fingerprint density at radius 2 is 1.78 bits per heavy atom. The van der Waals surface area contributed by atoms with Crippen LogP contribution in [-0.2, 0) is 0 Å². The second-order valence-corrected chi connectivity index (χ2v) is 7.31. The number of hydrogen-bond donors (Lipinski definition) is 1. The molecular formula is C22H19BrN4. The molecule has 5 heteroatoms. The number of halogens is 1. The fraction of sp³-hybridized carbons (Fsp3) is 0.0909. The van der Waals surface area contributed by atoms with Gasteiger partial charge in [-0.3, -0.25) is 5.43 Å². The van der Waals surface area contributed by atoms with E-state index in [4.69, 9.17) is 0 Å². The summed E-state index contributed by atoms with van der Waals surface area (Å²) < 4.78 is 3.30. The molecule has 0 saturated heterocycles. The van der Waals surface area contributed by atoms with Gasteiger partial charge in [-0.05, 0) is 62.4 Å². The van der Waals surface area contributed by atoms with Crippen molar-refractivity contribution in [3.63, 3.8) is 0 Å². The van der Waals surface area contributed by atoms with Crippen LogP contribution >= 0.6 is 15.9 Å². The van der Waals surface area contributed by atoms with Crippen LogP contribution < -0.4 is 5.43 Å². The van der Waals surface area contributed by atoms with Gasteiger partial charge in [-0.15, -0.1) is 0 Å². The first-order valence-electron chi connectivity index (χ1n) is 8.71. The van der Waals surface area contributed by atoms with Crippen LogP contribution in [0.1, 0.15) is 17.0 Å². The van der Waals surface area contributed by atoms with Crippen molar-refractivity contribution in [2.24, 2.45) is 5.10 Å². The topological polar surface area (TPSA) is 42.2 Å². The number of nitrogens with zero attached hydrogens (tertiary/aromatic N) is 3. The van der Waals surface area contributed by atoms with Crippen molar-refractivity contribution in [2.45, 2.75) is 13.8 Å². The third-order valence-corrected chi connectivity index (χ3v) is 5.06. The number of hydrogen-bond acceptors (Lipinski definition) is 3. The molecule has 0 atom stereocenters. The number of aromatic nitrogens is 2. The SMILES string of the molecule is Cc1cc(/C=N/Nc2ccc3ccccc3n2)c(C)n1-c1ccc(Br)cc1. The molecule has 0 radical (unpaired) electrons. The number of rotatable bonds is 4. The minimum atomic E-state index is 0.728. The first-order chi connectivity index (χ1) is 13.1. The van der Waals surface area contributed by atoms with E-state index in [1.807, 2.05) is 42.6 Å². The van der Waals surface area contributed by atoms with Crippen LogP contribution in [0.4, 0.5) is 5.82 Å². The third kappa shape index (κ3) is 3.64. The first kappa shape index (κ1) is 17.5. The van der Waals surface area contributed by atoms with Crippen molar-refractivity contribution in [3.05, 3.63) is 88.2 Å². The van der Waals surface area contributed by atoms with Crippen molar-refractivity contribution in [2.75, 3.05) is 5.43 Å². The molecule has 0 aliphatic carbocycles. The summed E-state index contributed by atoms with van der Waals surface area (Å²) in [5.74, 6) is 0.728. The molecule has 0 amide bonds. The minimum Gasteiger partial charge on any atom is -0.318 e. The van der Waals surface area contributed by atoms with Crippen LogP contribution in [0, 0.1) is 13.8 Å². The maximum absolute atomic E-state index is 4.57. The summed E-state index contributed by atoms with van der Waals surface area (Å²) in [6, 6.07) is 22.5. The zero-order valence-electron chi connectivity index (χ0n) is 15.1. The second-order valence-electron chi connectivity index (χ2n) is 6.40. The van der Waals surface area contributed by atoms with Gasteiger partial charge in [0.1, 0.15) is 5.82 Å². The smallest absolute Gasteiger partial charge is 0.146 e. The van der Waals surface area contributed by atoms with Gasteiger partial charge in [0.05, 0.1) is 11.7 Å². The lowest BCUT2D eigenvalue weighted by Crippen LogP contribution is -1.99. The second kappa shape index (κ2) is 7.37. The molecule has 0 bridgehead atoms. The molecule has 0 saturated carbocycles. The standard InChI is InChI=1S/C22H19BrN4/c1-15-13-18(16(2)27(15)20-10-8-19(23)9-11-20)14-24-26-22-12-7-17-5-3-4-6-21(17)25-22/h3-14H,1-2H3,(H,25,26)/b24-14+. The summed E-state index contributed by atoms with van der Waals surface area (Å²) in [6.45, 7) is 4.20. The lowest BCUT2D eigenvalue weighted by molar-refractivity contribution is 0.964. The predicted octanol–water partition coefficient (Wildman–Crippen LogP) is 5.85. The summed E-state index contributed by atoms with van der Waals surface area (Å²) in [5.41, 5.74) is 8.50. The van der Waals surface area contributed by atoms with Gasteiger partial charge in [0.2, 0.25) is 0 Å². The van der Waals surface area contributed by atoms with Gasteiger partial charge in [-0.2, -0.15) is 5.10 Å². The van der Waals surface area contributed by atoms with E-state index in [0.29, 0.717) is 0 Å². The monoisotopic (exact) mass is 418 g/mol. The molecule has 0 spiro atoms. The Kier molecular flexibility index (Phi) is 4.77. The number of pyridine rings is 1. The zero-order valence-corrected chi connectivity index (χ0v) is 16.7. The molecule has 2 heterocycles. The highest BCUT2D eigenvalue weighted by atomic mass is 79.9. The van der Waals surface area contributed by atoms with Gasteiger partial charge in [0.15, 0.2) is 0 Å². The first-order valence-corrected chi connectivity index (χ1v) is 9.51. The number of fused-ring (bicyclic) bond motifs is 1. The molecule has 0 aliphatic heterocycles. The predicted molar refractivity (Wildman–Crippen MR) is 116 cm³/mol. The highest BCUT2D eigenvalue weighted by Crippen LogP contribution is 2.21. The van der Waals surface area contributed by atoms with E-state index in [2.05, 4.69) is 80.2 Å². The maximum Gasteiger partial charge on any atom is 0.146 e. The van der Waals surface area contributed by atoms with Crippen molar-refractivity contribution >= 4 is 38.9 Å². The number of benzene rings is 2. The van der Waals surface area contributed by atoms with Crippen LogP contribution in [-0.4, -0.2) is 15.8 Å². The van der Waals surface area contributed by atoms with Crippen LogP contribution in [0.3, 0.4) is 0 Å². The Labute approximate surface area is 166 Å². The van der Waals surface area contributed by atoms with E-state index in [1.165, 1.54) is 5.69 Å². The molecule has 1 N–H and O–H groups in total. The molecule has 4 nitrogen and oxygen atoms in total. The van der Waals surface area contributed by atoms with Crippen LogP contribution in [0.25, 0.3) is 16.6 Å². The summed E-state index contributed by atoms with van der Waals surface area (Å²) in [5, 5.41) is 5.50. The molecule has 4 aromatic rings. The lowest BCUT2D eigenvalue weighted by atomic mass is 10.2. The zero-order chi connectivity index (χ0) is 18.8. The van der Waals surface area contributed by atoms with Gasteiger partial charge >= 0.3 is 0 Å². The number of para-hydroxylation sites is 1. The highest BCUT2D eigenvalue weighted by molar-refractivity contribution is 9.10. The van der Waals surface area contributed by atoms with Gasteiger partial charge in [-0.25, -0.2) is 4.98 Å².